The SMILES string of the molecule is CO[SiH](CCCCC(CCCC[SiH](OC)OC)CCCC[SiH](OC)OC)OC. The van der Waals surface area contributed by atoms with Gasteiger partial charge in [0.2, 0.25) is 0 Å². The van der Waals surface area contributed by atoms with Gasteiger partial charge in [-0.1, -0.05) is 57.8 Å². The van der Waals surface area contributed by atoms with E-state index in [9.17, 15) is 0 Å². The van der Waals surface area contributed by atoms with Crippen LogP contribution in [-0.2, 0) is 26.6 Å². The molecule has 6 nitrogen and oxygen atoms in total. The number of hydrogen-bond acceptors (Lipinski definition) is 6. The van der Waals surface area contributed by atoms with Gasteiger partial charge in [-0.3, -0.25) is 0 Å². The highest BCUT2D eigenvalue weighted by molar-refractivity contribution is 6.44. The van der Waals surface area contributed by atoms with E-state index >= 15 is 0 Å². The van der Waals surface area contributed by atoms with Crippen molar-refractivity contribution in [2.45, 2.75) is 75.9 Å². The normalized spacial score (nSPS) is 12.2. The Hall–Kier alpha value is 0.411. The van der Waals surface area contributed by atoms with Gasteiger partial charge in [-0.05, 0) is 24.1 Å². The van der Waals surface area contributed by atoms with Crippen molar-refractivity contribution in [2.75, 3.05) is 42.7 Å². The van der Waals surface area contributed by atoms with Crippen LogP contribution in [0.1, 0.15) is 57.8 Å². The Balaban J connectivity index is 4.17. The summed E-state index contributed by atoms with van der Waals surface area (Å²) in [7, 11) is 6.46. The van der Waals surface area contributed by atoms with Crippen LogP contribution < -0.4 is 0 Å². The standard InChI is InChI=1S/C19H46O6Si3/c1-20-26(21-2)16-10-7-13-19(14-8-11-17-27(22-3)23-4)15-9-12-18-28(24-5)25-6/h19,26-28H,7-18H2,1-6H3. The highest BCUT2D eigenvalue weighted by Crippen LogP contribution is 2.24. The second-order valence-electron chi connectivity index (χ2n) is 7.42. The van der Waals surface area contributed by atoms with Gasteiger partial charge in [0, 0.05) is 42.7 Å². The second kappa shape index (κ2) is 20.7. The first-order valence-electron chi connectivity index (χ1n) is 10.8. The molecule has 9 heteroatoms. The third-order valence-electron chi connectivity index (χ3n) is 5.48. The van der Waals surface area contributed by atoms with Crippen molar-refractivity contribution in [2.24, 2.45) is 5.92 Å². The van der Waals surface area contributed by atoms with Crippen LogP contribution >= 0.6 is 0 Å². The van der Waals surface area contributed by atoms with Gasteiger partial charge in [0.15, 0.2) is 0 Å². The first-order chi connectivity index (χ1) is 13.6. The maximum Gasteiger partial charge on any atom is 0.320 e. The molecule has 0 saturated heterocycles. The van der Waals surface area contributed by atoms with E-state index in [4.69, 9.17) is 26.6 Å². The molecule has 0 amide bonds. The summed E-state index contributed by atoms with van der Waals surface area (Å²) >= 11 is 0. The molecule has 0 radical (unpaired) electrons. The van der Waals surface area contributed by atoms with Gasteiger partial charge >= 0.3 is 27.9 Å². The van der Waals surface area contributed by atoms with Crippen molar-refractivity contribution in [1.29, 1.82) is 0 Å². The zero-order valence-corrected chi connectivity index (χ0v) is 22.7. The van der Waals surface area contributed by atoms with E-state index < -0.39 is 27.9 Å². The molecule has 0 aromatic heterocycles. The van der Waals surface area contributed by atoms with Gasteiger partial charge in [-0.25, -0.2) is 0 Å². The lowest BCUT2D eigenvalue weighted by molar-refractivity contribution is 0.273. The van der Waals surface area contributed by atoms with Crippen LogP contribution in [0.3, 0.4) is 0 Å². The minimum Gasteiger partial charge on any atom is -0.400 e. The Morgan fingerprint density at radius 2 is 0.679 bits per heavy atom. The zero-order valence-electron chi connectivity index (χ0n) is 19.2. The third-order valence-corrected chi connectivity index (χ3v) is 11.3. The number of unbranched alkanes of at least 4 members (excludes halogenated alkanes) is 3. The van der Waals surface area contributed by atoms with E-state index in [0.717, 1.165) is 24.1 Å². The molecule has 0 bridgehead atoms. The van der Waals surface area contributed by atoms with Crippen molar-refractivity contribution in [3.63, 3.8) is 0 Å². The minimum absolute atomic E-state index is 0.820. The largest absolute Gasteiger partial charge is 0.400 e. The van der Waals surface area contributed by atoms with Crippen molar-refractivity contribution in [1.82, 2.24) is 0 Å². The summed E-state index contributed by atoms with van der Waals surface area (Å²) in [5, 5.41) is 0. The van der Waals surface area contributed by atoms with Gasteiger partial charge in [0.05, 0.1) is 0 Å². The average molecular weight is 455 g/mol. The first kappa shape index (κ1) is 28.4. The molecule has 0 aliphatic carbocycles. The van der Waals surface area contributed by atoms with Crippen LogP contribution in [0, 0.1) is 5.92 Å². The third kappa shape index (κ3) is 15.3. The summed E-state index contributed by atoms with van der Waals surface area (Å²) < 4.78 is 32.6. The van der Waals surface area contributed by atoms with Crippen molar-refractivity contribution in [3.05, 3.63) is 0 Å². The van der Waals surface area contributed by atoms with E-state index in [2.05, 4.69) is 0 Å². The fourth-order valence-corrected chi connectivity index (χ4v) is 7.52. The van der Waals surface area contributed by atoms with Crippen LogP contribution in [-0.4, -0.2) is 70.5 Å². The van der Waals surface area contributed by atoms with E-state index in [1.165, 1.54) is 57.8 Å². The zero-order chi connectivity index (χ0) is 21.0. The number of rotatable bonds is 21. The maximum absolute atomic E-state index is 5.43. The molecule has 0 rings (SSSR count). The molecule has 0 aromatic carbocycles. The lowest BCUT2D eigenvalue weighted by Gasteiger charge is -2.19. The van der Waals surface area contributed by atoms with E-state index in [1.54, 1.807) is 42.7 Å². The van der Waals surface area contributed by atoms with Crippen LogP contribution in [0.4, 0.5) is 0 Å². The summed E-state index contributed by atoms with van der Waals surface area (Å²) in [4.78, 5) is 0. The smallest absolute Gasteiger partial charge is 0.320 e. The molecule has 0 fully saturated rings. The fraction of sp³-hybridized carbons (Fsp3) is 1.00. The fourth-order valence-electron chi connectivity index (χ4n) is 3.66. The minimum atomic E-state index is -1.39. The highest BCUT2D eigenvalue weighted by Gasteiger charge is 2.14. The summed E-state index contributed by atoms with van der Waals surface area (Å²) in [5.74, 6) is 0.820. The van der Waals surface area contributed by atoms with Crippen molar-refractivity contribution < 1.29 is 26.6 Å². The first-order valence-corrected chi connectivity index (χ1v) is 16.1. The lowest BCUT2D eigenvalue weighted by Crippen LogP contribution is -2.19. The average Bonchev–Trinajstić information content (AvgIpc) is 2.73. The quantitative estimate of drug-likeness (QED) is 0.195. The Labute approximate surface area is 179 Å². The lowest BCUT2D eigenvalue weighted by atomic mass is 9.91. The Morgan fingerprint density at radius 1 is 0.429 bits per heavy atom. The Bertz CT molecular complexity index is 268. The summed E-state index contributed by atoms with van der Waals surface area (Å²) in [6.07, 6.45) is 11.5. The summed E-state index contributed by atoms with van der Waals surface area (Å²) in [6.45, 7) is 0. The maximum atomic E-state index is 5.43. The molecule has 170 valence electrons. The molecule has 0 heterocycles. The van der Waals surface area contributed by atoms with Gasteiger partial charge in [-0.15, -0.1) is 0 Å². The van der Waals surface area contributed by atoms with E-state index in [1.807, 2.05) is 0 Å². The molecule has 0 spiro atoms. The van der Waals surface area contributed by atoms with Gasteiger partial charge in [0.25, 0.3) is 0 Å². The monoisotopic (exact) mass is 454 g/mol. The van der Waals surface area contributed by atoms with Crippen LogP contribution in [0.5, 0.6) is 0 Å². The van der Waals surface area contributed by atoms with Crippen LogP contribution in [0.15, 0.2) is 0 Å². The highest BCUT2D eigenvalue weighted by atomic mass is 28.3. The molecule has 0 aliphatic rings. The predicted molar refractivity (Wildman–Crippen MR) is 123 cm³/mol. The van der Waals surface area contributed by atoms with Crippen LogP contribution in [0.2, 0.25) is 18.1 Å². The summed E-state index contributed by atoms with van der Waals surface area (Å²) in [6, 6.07) is 3.34. The predicted octanol–water partition coefficient (Wildman–Crippen LogP) is 3.65. The second-order valence-corrected chi connectivity index (χ2v) is 14.6. The summed E-state index contributed by atoms with van der Waals surface area (Å²) in [5.41, 5.74) is 0. The topological polar surface area (TPSA) is 55.4 Å². The van der Waals surface area contributed by atoms with Gasteiger partial charge < -0.3 is 26.6 Å². The molecule has 0 unspecified atom stereocenters. The van der Waals surface area contributed by atoms with E-state index in [0.29, 0.717) is 0 Å². The van der Waals surface area contributed by atoms with E-state index in [-0.39, 0.29) is 0 Å². The van der Waals surface area contributed by atoms with Crippen LogP contribution in [0.25, 0.3) is 0 Å². The van der Waals surface area contributed by atoms with Crippen molar-refractivity contribution >= 4 is 27.9 Å². The molecule has 0 aromatic rings. The Morgan fingerprint density at radius 3 is 0.893 bits per heavy atom. The van der Waals surface area contributed by atoms with Crippen molar-refractivity contribution in [3.8, 4) is 0 Å². The van der Waals surface area contributed by atoms with Gasteiger partial charge in [0.1, 0.15) is 0 Å². The van der Waals surface area contributed by atoms with Gasteiger partial charge in [-0.2, -0.15) is 0 Å². The number of hydrogen-bond donors (Lipinski definition) is 0. The molecule has 0 N–H and O–H groups in total. The molecule has 0 aliphatic heterocycles. The molecular formula is C19H46O6Si3. The Kier molecular flexibility index (Phi) is 21.0. The molecule has 0 atom stereocenters. The molecule has 0 saturated carbocycles. The molecule has 28 heavy (non-hydrogen) atoms. The molecular weight excluding hydrogens is 408 g/mol.